The van der Waals surface area contributed by atoms with E-state index in [-0.39, 0.29) is 16.9 Å². The average Bonchev–Trinajstić information content (AvgIpc) is 2.37. The summed E-state index contributed by atoms with van der Waals surface area (Å²) in [4.78, 5) is 0. The molecular weight excluding hydrogens is 228 g/mol. The molecule has 0 saturated heterocycles. The van der Waals surface area contributed by atoms with E-state index < -0.39 is 11.7 Å². The third kappa shape index (κ3) is 1.41. The fourth-order valence-electron chi connectivity index (χ4n) is 5.25. The van der Waals surface area contributed by atoms with Crippen LogP contribution in [-0.2, 0) is 0 Å². The average molecular weight is 254 g/mol. The molecule has 6 atom stereocenters. The van der Waals surface area contributed by atoms with Crippen molar-refractivity contribution in [3.63, 3.8) is 0 Å². The van der Waals surface area contributed by atoms with Gasteiger partial charge in [-0.2, -0.15) is 0 Å². The van der Waals surface area contributed by atoms with E-state index >= 15 is 0 Å². The van der Waals surface area contributed by atoms with Crippen molar-refractivity contribution >= 4 is 0 Å². The Kier molecular flexibility index (Phi) is 2.51. The van der Waals surface area contributed by atoms with Gasteiger partial charge in [0, 0.05) is 0 Å². The zero-order valence-corrected chi connectivity index (χ0v) is 11.7. The van der Waals surface area contributed by atoms with Crippen LogP contribution in [0.5, 0.6) is 0 Å². The van der Waals surface area contributed by atoms with Gasteiger partial charge in [-0.05, 0) is 54.8 Å². The fraction of sp³-hybridized carbons (Fsp3) is 1.00. The normalized spacial score (nSPS) is 58.3. The molecule has 0 amide bonds. The molecule has 18 heavy (non-hydrogen) atoms. The molecule has 0 heterocycles. The summed E-state index contributed by atoms with van der Waals surface area (Å²) in [7, 11) is 0. The van der Waals surface area contributed by atoms with E-state index in [0.29, 0.717) is 31.1 Å². The van der Waals surface area contributed by atoms with Crippen LogP contribution in [0.1, 0.15) is 52.9 Å². The molecule has 104 valence electrons. The summed E-state index contributed by atoms with van der Waals surface area (Å²) in [5.74, 6) is 0.783. The molecule has 3 N–H and O–H groups in total. The molecule has 3 aliphatic carbocycles. The lowest BCUT2D eigenvalue weighted by atomic mass is 9.44. The van der Waals surface area contributed by atoms with E-state index in [9.17, 15) is 15.3 Å². The van der Waals surface area contributed by atoms with Gasteiger partial charge in [-0.3, -0.25) is 0 Å². The van der Waals surface area contributed by atoms with Gasteiger partial charge in [0.15, 0.2) is 0 Å². The number of hydrogen-bond donors (Lipinski definition) is 3. The van der Waals surface area contributed by atoms with Crippen LogP contribution < -0.4 is 0 Å². The Morgan fingerprint density at radius 1 is 1.00 bits per heavy atom. The second-order valence-corrected chi connectivity index (χ2v) is 7.93. The van der Waals surface area contributed by atoms with Crippen molar-refractivity contribution in [2.75, 3.05) is 0 Å². The summed E-state index contributed by atoms with van der Waals surface area (Å²) >= 11 is 0. The highest BCUT2D eigenvalue weighted by Gasteiger charge is 2.65. The van der Waals surface area contributed by atoms with Crippen molar-refractivity contribution in [1.29, 1.82) is 0 Å². The van der Waals surface area contributed by atoms with Crippen LogP contribution in [-0.4, -0.2) is 33.1 Å². The standard InChI is InChI=1S/C15H26O3/c1-13(2)9-4-7-15(18)8-14(3,6-5-10(15)16)11(9)12(13)17/h9-12,16-18H,4-8H2,1-3H3/t9-,10-,11-,12+,14+,15-/m1/s1. The van der Waals surface area contributed by atoms with Gasteiger partial charge in [-0.15, -0.1) is 0 Å². The van der Waals surface area contributed by atoms with Crippen molar-refractivity contribution in [3.05, 3.63) is 0 Å². The zero-order chi connectivity index (χ0) is 13.3. The Labute approximate surface area is 109 Å². The molecule has 3 nitrogen and oxygen atoms in total. The highest BCUT2D eigenvalue weighted by molar-refractivity contribution is 5.15. The quantitative estimate of drug-likeness (QED) is 0.616. The van der Waals surface area contributed by atoms with Gasteiger partial charge in [0.25, 0.3) is 0 Å². The summed E-state index contributed by atoms with van der Waals surface area (Å²) < 4.78 is 0. The van der Waals surface area contributed by atoms with E-state index in [1.54, 1.807) is 0 Å². The Bertz CT molecular complexity index is 367. The van der Waals surface area contributed by atoms with Crippen molar-refractivity contribution in [3.8, 4) is 0 Å². The molecule has 3 fully saturated rings. The largest absolute Gasteiger partial charge is 0.392 e. The zero-order valence-electron chi connectivity index (χ0n) is 11.7. The molecule has 3 heteroatoms. The first-order chi connectivity index (χ1) is 8.21. The molecule has 0 spiro atoms. The Morgan fingerprint density at radius 3 is 2.33 bits per heavy atom. The lowest BCUT2D eigenvalue weighted by Gasteiger charge is -2.62. The molecule has 0 aromatic heterocycles. The van der Waals surface area contributed by atoms with E-state index in [2.05, 4.69) is 20.8 Å². The van der Waals surface area contributed by atoms with Crippen molar-refractivity contribution in [1.82, 2.24) is 0 Å². The molecule has 0 unspecified atom stereocenters. The van der Waals surface area contributed by atoms with Crippen LogP contribution in [0.3, 0.4) is 0 Å². The first-order valence-electron chi connectivity index (χ1n) is 7.29. The Hall–Kier alpha value is -0.120. The number of fused-ring (bicyclic) bond motifs is 4. The topological polar surface area (TPSA) is 60.7 Å². The highest BCUT2D eigenvalue weighted by Crippen LogP contribution is 2.66. The van der Waals surface area contributed by atoms with Gasteiger partial charge in [0.05, 0.1) is 17.8 Å². The predicted octanol–water partition coefficient (Wildman–Crippen LogP) is 1.70. The predicted molar refractivity (Wildman–Crippen MR) is 68.9 cm³/mol. The number of hydrogen-bond acceptors (Lipinski definition) is 3. The van der Waals surface area contributed by atoms with Crippen LogP contribution in [0.25, 0.3) is 0 Å². The van der Waals surface area contributed by atoms with Crippen molar-refractivity contribution in [2.24, 2.45) is 22.7 Å². The van der Waals surface area contributed by atoms with Gasteiger partial charge in [-0.1, -0.05) is 20.8 Å². The van der Waals surface area contributed by atoms with Crippen LogP contribution in [0, 0.1) is 22.7 Å². The minimum Gasteiger partial charge on any atom is -0.392 e. The molecule has 3 aliphatic rings. The molecule has 0 aromatic rings. The second-order valence-electron chi connectivity index (χ2n) is 7.93. The lowest BCUT2D eigenvalue weighted by molar-refractivity contribution is -0.216. The Morgan fingerprint density at radius 2 is 1.67 bits per heavy atom. The van der Waals surface area contributed by atoms with Crippen LogP contribution in [0.2, 0.25) is 0 Å². The monoisotopic (exact) mass is 254 g/mol. The fourth-order valence-corrected chi connectivity index (χ4v) is 5.25. The minimum atomic E-state index is -0.917. The third-order valence-corrected chi connectivity index (χ3v) is 6.50. The highest BCUT2D eigenvalue weighted by atomic mass is 16.3. The summed E-state index contributed by atoms with van der Waals surface area (Å²) in [6, 6.07) is 0. The second kappa shape index (κ2) is 3.50. The number of aliphatic hydroxyl groups excluding tert-OH is 2. The summed E-state index contributed by atoms with van der Waals surface area (Å²) in [5.41, 5.74) is -0.962. The molecular formula is C15H26O3. The molecule has 0 aromatic carbocycles. The molecule has 3 saturated carbocycles. The number of aliphatic hydroxyl groups is 3. The molecule has 0 radical (unpaired) electrons. The SMILES string of the molecule is CC1(C)[C@@H]2CC[C@@]3(O)C[C@](C)(CC[C@H]3O)[C@H]2[C@@H]1O. The van der Waals surface area contributed by atoms with Gasteiger partial charge in [-0.25, -0.2) is 0 Å². The van der Waals surface area contributed by atoms with E-state index in [0.717, 1.165) is 12.8 Å². The van der Waals surface area contributed by atoms with Gasteiger partial charge >= 0.3 is 0 Å². The third-order valence-electron chi connectivity index (χ3n) is 6.50. The number of rotatable bonds is 0. The molecule has 0 aliphatic heterocycles. The smallest absolute Gasteiger partial charge is 0.0910 e. The van der Waals surface area contributed by atoms with Crippen LogP contribution >= 0.6 is 0 Å². The maximum Gasteiger partial charge on any atom is 0.0910 e. The van der Waals surface area contributed by atoms with Gasteiger partial charge in [0.2, 0.25) is 0 Å². The molecule has 3 rings (SSSR count). The maximum absolute atomic E-state index is 10.7. The van der Waals surface area contributed by atoms with E-state index in [1.165, 1.54) is 0 Å². The summed E-state index contributed by atoms with van der Waals surface area (Å²) in [6.45, 7) is 6.47. The summed E-state index contributed by atoms with van der Waals surface area (Å²) in [6.07, 6.45) is 3.01. The molecule has 2 bridgehead atoms. The van der Waals surface area contributed by atoms with Crippen LogP contribution in [0.15, 0.2) is 0 Å². The van der Waals surface area contributed by atoms with Gasteiger partial charge in [0.1, 0.15) is 0 Å². The van der Waals surface area contributed by atoms with Crippen LogP contribution in [0.4, 0.5) is 0 Å². The van der Waals surface area contributed by atoms with E-state index in [4.69, 9.17) is 0 Å². The summed E-state index contributed by atoms with van der Waals surface area (Å²) in [5, 5.41) is 31.3. The first-order valence-corrected chi connectivity index (χ1v) is 7.29. The maximum atomic E-state index is 10.7. The first kappa shape index (κ1) is 12.9. The van der Waals surface area contributed by atoms with Gasteiger partial charge < -0.3 is 15.3 Å². The van der Waals surface area contributed by atoms with E-state index in [1.807, 2.05) is 0 Å². The lowest BCUT2D eigenvalue weighted by Crippen LogP contribution is -2.63. The van der Waals surface area contributed by atoms with Crippen molar-refractivity contribution < 1.29 is 15.3 Å². The van der Waals surface area contributed by atoms with Crippen molar-refractivity contribution in [2.45, 2.75) is 70.7 Å². The minimum absolute atomic E-state index is 0.00984. The Balaban J connectivity index is 1.97.